The lowest BCUT2D eigenvalue weighted by molar-refractivity contribution is 0.577. The van der Waals surface area contributed by atoms with Crippen molar-refractivity contribution in [3.63, 3.8) is 0 Å². The molecule has 0 saturated heterocycles. The van der Waals surface area contributed by atoms with E-state index < -0.39 is 10.0 Å². The van der Waals surface area contributed by atoms with Crippen molar-refractivity contribution >= 4 is 27.0 Å². The van der Waals surface area contributed by atoms with E-state index in [0.29, 0.717) is 5.01 Å². The predicted molar refractivity (Wildman–Crippen MR) is 72.9 cm³/mol. The fourth-order valence-electron chi connectivity index (χ4n) is 1.42. The Labute approximate surface area is 114 Å². The molecule has 4 N–H and O–H groups in total. The van der Waals surface area contributed by atoms with Gasteiger partial charge in [-0.25, -0.2) is 23.1 Å². The zero-order valence-electron chi connectivity index (χ0n) is 10.1. The van der Waals surface area contributed by atoms with Gasteiger partial charge in [0.15, 0.2) is 5.03 Å². The third-order valence-corrected chi connectivity index (χ3v) is 4.54. The fourth-order valence-corrected chi connectivity index (χ4v) is 3.32. The number of hydrogen-bond acceptors (Lipinski definition) is 7. The number of rotatable bonds is 5. The van der Waals surface area contributed by atoms with Crippen LogP contribution in [0.4, 0.5) is 5.69 Å². The first-order valence-electron chi connectivity index (χ1n) is 5.35. The molecule has 102 valence electrons. The Bertz CT molecular complexity index is 668. The molecule has 2 aromatic heterocycles. The molecule has 0 radical (unpaired) electrons. The summed E-state index contributed by atoms with van der Waals surface area (Å²) in [5.74, 6) is 5.27. The monoisotopic (exact) mass is 299 g/mol. The predicted octanol–water partition coefficient (Wildman–Crippen LogP) is 0.611. The summed E-state index contributed by atoms with van der Waals surface area (Å²) >= 11 is 1.43. The standard InChI is InChI=1S/C10H13N5O2S2/c1-7-5-13-9(18-7)6-14-19(16,17)10-8(15-11)3-2-4-12-10/h2-5,14-15H,6,11H2,1H3. The molecule has 0 unspecified atom stereocenters. The SMILES string of the molecule is Cc1cnc(CNS(=O)(=O)c2ncccc2NN)s1. The number of sulfonamides is 1. The Morgan fingerprint density at radius 3 is 2.84 bits per heavy atom. The molecule has 0 amide bonds. The molecule has 0 aromatic carbocycles. The molecule has 0 saturated carbocycles. The first kappa shape index (κ1) is 13.9. The second kappa shape index (κ2) is 5.61. The highest BCUT2D eigenvalue weighted by molar-refractivity contribution is 7.89. The van der Waals surface area contributed by atoms with Gasteiger partial charge in [-0.3, -0.25) is 5.84 Å². The molecule has 7 nitrogen and oxygen atoms in total. The lowest BCUT2D eigenvalue weighted by atomic mass is 10.4. The van der Waals surface area contributed by atoms with E-state index in [1.165, 1.54) is 23.6 Å². The third kappa shape index (κ3) is 3.26. The summed E-state index contributed by atoms with van der Waals surface area (Å²) < 4.78 is 26.6. The van der Waals surface area contributed by atoms with Crippen LogP contribution in [0.25, 0.3) is 0 Å². The van der Waals surface area contributed by atoms with Crippen LogP contribution < -0.4 is 16.0 Å². The minimum atomic E-state index is -3.73. The number of aryl methyl sites for hydroxylation is 1. The van der Waals surface area contributed by atoms with Crippen LogP contribution in [0.3, 0.4) is 0 Å². The molecule has 0 aliphatic rings. The van der Waals surface area contributed by atoms with Gasteiger partial charge in [-0.1, -0.05) is 0 Å². The topological polar surface area (TPSA) is 110 Å². The highest BCUT2D eigenvalue weighted by Crippen LogP contribution is 2.17. The quantitative estimate of drug-likeness (QED) is 0.551. The zero-order chi connectivity index (χ0) is 13.9. The largest absolute Gasteiger partial charge is 0.321 e. The number of hydrazine groups is 1. The number of anilines is 1. The van der Waals surface area contributed by atoms with Crippen LogP contribution >= 0.6 is 11.3 Å². The number of nitrogens with two attached hydrogens (primary N) is 1. The summed E-state index contributed by atoms with van der Waals surface area (Å²) in [6.07, 6.45) is 3.09. The lowest BCUT2D eigenvalue weighted by Crippen LogP contribution is -2.26. The van der Waals surface area contributed by atoms with E-state index in [2.05, 4.69) is 20.1 Å². The van der Waals surface area contributed by atoms with Crippen molar-refractivity contribution in [3.8, 4) is 0 Å². The second-order valence-electron chi connectivity index (χ2n) is 3.69. The molecule has 9 heteroatoms. The van der Waals surface area contributed by atoms with Crippen molar-refractivity contribution in [3.05, 3.63) is 34.4 Å². The number of nitrogens with one attached hydrogen (secondary N) is 2. The smallest absolute Gasteiger partial charge is 0.260 e. The average molecular weight is 299 g/mol. The second-order valence-corrected chi connectivity index (χ2v) is 6.69. The lowest BCUT2D eigenvalue weighted by Gasteiger charge is -2.08. The van der Waals surface area contributed by atoms with E-state index >= 15 is 0 Å². The summed E-state index contributed by atoms with van der Waals surface area (Å²) in [5.41, 5.74) is 2.55. The Balaban J connectivity index is 2.18. The van der Waals surface area contributed by atoms with E-state index in [1.54, 1.807) is 12.3 Å². The van der Waals surface area contributed by atoms with Gasteiger partial charge in [0.05, 0.1) is 12.2 Å². The first-order valence-corrected chi connectivity index (χ1v) is 7.65. The molecule has 19 heavy (non-hydrogen) atoms. The Morgan fingerprint density at radius 2 is 2.21 bits per heavy atom. The number of nitrogens with zero attached hydrogens (tertiary/aromatic N) is 2. The summed E-state index contributed by atoms with van der Waals surface area (Å²) in [4.78, 5) is 8.94. The van der Waals surface area contributed by atoms with Gasteiger partial charge < -0.3 is 5.43 Å². The molecular weight excluding hydrogens is 286 g/mol. The van der Waals surface area contributed by atoms with Gasteiger partial charge in [0.25, 0.3) is 10.0 Å². The van der Waals surface area contributed by atoms with Crippen molar-refractivity contribution in [1.82, 2.24) is 14.7 Å². The van der Waals surface area contributed by atoms with E-state index in [-0.39, 0.29) is 17.3 Å². The van der Waals surface area contributed by atoms with Crippen molar-refractivity contribution < 1.29 is 8.42 Å². The van der Waals surface area contributed by atoms with E-state index in [4.69, 9.17) is 5.84 Å². The summed E-state index contributed by atoms with van der Waals surface area (Å²) in [6.45, 7) is 2.03. The average Bonchev–Trinajstić information content (AvgIpc) is 2.82. The number of aromatic nitrogens is 2. The zero-order valence-corrected chi connectivity index (χ0v) is 11.8. The number of nitrogen functional groups attached to an aromatic ring is 1. The van der Waals surface area contributed by atoms with Crippen LogP contribution in [-0.4, -0.2) is 18.4 Å². The molecular formula is C10H13N5O2S2. The van der Waals surface area contributed by atoms with Crippen molar-refractivity contribution in [2.45, 2.75) is 18.5 Å². The van der Waals surface area contributed by atoms with Gasteiger partial charge in [-0.15, -0.1) is 11.3 Å². The number of hydrogen-bond donors (Lipinski definition) is 3. The van der Waals surface area contributed by atoms with E-state index in [9.17, 15) is 8.42 Å². The van der Waals surface area contributed by atoms with Gasteiger partial charge in [0.1, 0.15) is 5.01 Å². The molecule has 2 heterocycles. The number of thiazole rings is 1. The Morgan fingerprint density at radius 1 is 1.42 bits per heavy atom. The van der Waals surface area contributed by atoms with Crippen LogP contribution in [0.2, 0.25) is 0 Å². The summed E-state index contributed by atoms with van der Waals surface area (Å²) in [6, 6.07) is 3.13. The maximum absolute atomic E-state index is 12.1. The van der Waals surface area contributed by atoms with E-state index in [1.807, 2.05) is 6.92 Å². The van der Waals surface area contributed by atoms with Gasteiger partial charge in [-0.05, 0) is 19.1 Å². The van der Waals surface area contributed by atoms with Gasteiger partial charge in [0.2, 0.25) is 0 Å². The fraction of sp³-hybridized carbons (Fsp3) is 0.200. The molecule has 0 aliphatic carbocycles. The van der Waals surface area contributed by atoms with Crippen LogP contribution in [0.5, 0.6) is 0 Å². The van der Waals surface area contributed by atoms with Crippen LogP contribution in [0.15, 0.2) is 29.6 Å². The first-order chi connectivity index (χ1) is 9.03. The number of pyridine rings is 1. The van der Waals surface area contributed by atoms with Gasteiger partial charge in [-0.2, -0.15) is 0 Å². The molecule has 0 bridgehead atoms. The van der Waals surface area contributed by atoms with Crippen LogP contribution in [0.1, 0.15) is 9.88 Å². The van der Waals surface area contributed by atoms with E-state index in [0.717, 1.165) is 4.88 Å². The summed E-state index contributed by atoms with van der Waals surface area (Å²) in [5, 5.41) is 0.560. The Hall–Kier alpha value is -1.55. The highest BCUT2D eigenvalue weighted by atomic mass is 32.2. The van der Waals surface area contributed by atoms with Crippen molar-refractivity contribution in [1.29, 1.82) is 0 Å². The van der Waals surface area contributed by atoms with Gasteiger partial charge >= 0.3 is 0 Å². The maximum atomic E-state index is 12.1. The van der Waals surface area contributed by atoms with Crippen LogP contribution in [0, 0.1) is 6.92 Å². The molecule has 0 fully saturated rings. The maximum Gasteiger partial charge on any atom is 0.260 e. The molecule has 2 rings (SSSR count). The molecule has 0 spiro atoms. The summed E-state index contributed by atoms with van der Waals surface area (Å²) in [7, 11) is -3.73. The van der Waals surface area contributed by atoms with Crippen molar-refractivity contribution in [2.24, 2.45) is 5.84 Å². The minimum absolute atomic E-state index is 0.126. The minimum Gasteiger partial charge on any atom is -0.321 e. The molecule has 0 aliphatic heterocycles. The molecule has 2 aromatic rings. The van der Waals surface area contributed by atoms with Crippen LogP contribution in [-0.2, 0) is 16.6 Å². The third-order valence-electron chi connectivity index (χ3n) is 2.26. The normalized spacial score (nSPS) is 11.5. The Kier molecular flexibility index (Phi) is 4.10. The van der Waals surface area contributed by atoms with Gasteiger partial charge in [0, 0.05) is 17.3 Å². The van der Waals surface area contributed by atoms with Crippen molar-refractivity contribution in [2.75, 3.05) is 5.43 Å². The highest BCUT2D eigenvalue weighted by Gasteiger charge is 2.19. The molecule has 0 atom stereocenters.